The second-order valence-corrected chi connectivity index (χ2v) is 6.90. The summed E-state index contributed by atoms with van der Waals surface area (Å²) in [7, 11) is 0. The van der Waals surface area contributed by atoms with E-state index < -0.39 is 0 Å². The zero-order valence-corrected chi connectivity index (χ0v) is 14.7. The van der Waals surface area contributed by atoms with Gasteiger partial charge in [-0.2, -0.15) is 4.98 Å². The minimum atomic E-state index is -0.253. The molecule has 1 aliphatic carbocycles. The molecule has 0 saturated heterocycles. The number of halogens is 1. The van der Waals surface area contributed by atoms with Gasteiger partial charge in [0.25, 0.3) is 0 Å². The summed E-state index contributed by atoms with van der Waals surface area (Å²) in [6.45, 7) is 4.17. The zero-order valence-electron chi connectivity index (χ0n) is 14.0. The summed E-state index contributed by atoms with van der Waals surface area (Å²) >= 11 is 5.91. The van der Waals surface area contributed by atoms with Crippen molar-refractivity contribution in [3.05, 3.63) is 35.2 Å². The van der Waals surface area contributed by atoms with Crippen LogP contribution < -0.4 is 5.32 Å². The molecule has 1 N–H and O–H groups in total. The smallest absolute Gasteiger partial charge is 0.249 e. The van der Waals surface area contributed by atoms with Crippen LogP contribution in [-0.2, 0) is 4.79 Å². The Balaban J connectivity index is 1.79. The standard InChI is InChI=1S/C18H22ClN3O2/c1-3-11(2)15(20-17(23)13-5-4-6-13)18-21-16(22-24-18)12-7-9-14(19)10-8-12/h7-11,13,15H,3-6H2,1-2H3,(H,20,23)/t11-,15+/m0/s1. The number of hydrogen-bond acceptors (Lipinski definition) is 4. The van der Waals surface area contributed by atoms with Crippen LogP contribution in [-0.4, -0.2) is 16.0 Å². The SMILES string of the molecule is CC[C@H](C)[C@@H](NC(=O)C1CCC1)c1nc(-c2ccc(Cl)cc2)no1. The first kappa shape index (κ1) is 17.0. The average Bonchev–Trinajstić information content (AvgIpc) is 3.00. The normalized spacial score (nSPS) is 17.1. The van der Waals surface area contributed by atoms with Crippen molar-refractivity contribution < 1.29 is 9.32 Å². The van der Waals surface area contributed by atoms with Gasteiger partial charge in [-0.15, -0.1) is 0 Å². The highest BCUT2D eigenvalue weighted by Crippen LogP contribution is 2.30. The molecular formula is C18H22ClN3O2. The van der Waals surface area contributed by atoms with Gasteiger partial charge in [-0.25, -0.2) is 0 Å². The van der Waals surface area contributed by atoms with E-state index in [2.05, 4.69) is 29.3 Å². The van der Waals surface area contributed by atoms with Gasteiger partial charge in [0.05, 0.1) is 0 Å². The van der Waals surface area contributed by atoms with Gasteiger partial charge in [-0.05, 0) is 43.0 Å². The molecule has 5 nitrogen and oxygen atoms in total. The third-order valence-corrected chi connectivity index (χ3v) is 5.05. The molecule has 6 heteroatoms. The van der Waals surface area contributed by atoms with Crippen molar-refractivity contribution in [2.45, 2.75) is 45.6 Å². The minimum Gasteiger partial charge on any atom is -0.344 e. The second-order valence-electron chi connectivity index (χ2n) is 6.46. The molecule has 1 aromatic carbocycles. The van der Waals surface area contributed by atoms with Gasteiger partial charge < -0.3 is 9.84 Å². The Hall–Kier alpha value is -1.88. The molecule has 1 amide bonds. The largest absolute Gasteiger partial charge is 0.344 e. The molecule has 0 unspecified atom stereocenters. The Morgan fingerprint density at radius 2 is 2.08 bits per heavy atom. The molecule has 1 saturated carbocycles. The van der Waals surface area contributed by atoms with Gasteiger partial charge in [-0.3, -0.25) is 4.79 Å². The molecule has 3 rings (SSSR count). The fraction of sp³-hybridized carbons (Fsp3) is 0.500. The van der Waals surface area contributed by atoms with Crippen LogP contribution in [0.1, 0.15) is 51.5 Å². The molecule has 1 fully saturated rings. The first-order valence-corrected chi connectivity index (χ1v) is 8.86. The zero-order chi connectivity index (χ0) is 17.1. The van der Waals surface area contributed by atoms with Crippen LogP contribution in [0.4, 0.5) is 0 Å². The molecule has 2 atom stereocenters. The van der Waals surface area contributed by atoms with E-state index in [1.54, 1.807) is 12.1 Å². The molecule has 1 aliphatic rings. The fourth-order valence-electron chi connectivity index (χ4n) is 2.70. The number of carbonyl (C=O) groups excluding carboxylic acids is 1. The number of nitrogens with one attached hydrogen (secondary N) is 1. The van der Waals surface area contributed by atoms with E-state index in [1.165, 1.54) is 0 Å². The van der Waals surface area contributed by atoms with Crippen LogP contribution in [0.5, 0.6) is 0 Å². The van der Waals surface area contributed by atoms with E-state index in [0.717, 1.165) is 31.2 Å². The topological polar surface area (TPSA) is 68.0 Å². The number of benzene rings is 1. The Bertz CT molecular complexity index is 695. The van der Waals surface area contributed by atoms with E-state index >= 15 is 0 Å². The quantitative estimate of drug-likeness (QED) is 0.841. The van der Waals surface area contributed by atoms with E-state index in [9.17, 15) is 4.79 Å². The van der Waals surface area contributed by atoms with E-state index in [1.807, 2.05) is 12.1 Å². The minimum absolute atomic E-state index is 0.0952. The molecule has 0 aliphatic heterocycles. The third-order valence-electron chi connectivity index (χ3n) is 4.80. The summed E-state index contributed by atoms with van der Waals surface area (Å²) in [5.74, 6) is 1.41. The molecule has 0 bridgehead atoms. The first-order chi connectivity index (χ1) is 11.6. The number of rotatable bonds is 6. The van der Waals surface area contributed by atoms with Gasteiger partial charge >= 0.3 is 0 Å². The lowest BCUT2D eigenvalue weighted by molar-refractivity contribution is -0.128. The van der Waals surface area contributed by atoms with Crippen LogP contribution in [0.15, 0.2) is 28.8 Å². The van der Waals surface area contributed by atoms with Crippen LogP contribution in [0.2, 0.25) is 5.02 Å². The Morgan fingerprint density at radius 3 is 2.67 bits per heavy atom. The predicted octanol–water partition coefficient (Wildman–Crippen LogP) is 4.39. The molecule has 128 valence electrons. The van der Waals surface area contributed by atoms with Crippen LogP contribution in [0.25, 0.3) is 11.4 Å². The molecule has 1 heterocycles. The Labute approximate surface area is 146 Å². The molecular weight excluding hydrogens is 326 g/mol. The lowest BCUT2D eigenvalue weighted by Crippen LogP contribution is -2.39. The highest BCUT2D eigenvalue weighted by Gasteiger charge is 2.31. The second kappa shape index (κ2) is 7.34. The van der Waals surface area contributed by atoms with Crippen molar-refractivity contribution in [1.29, 1.82) is 0 Å². The molecule has 24 heavy (non-hydrogen) atoms. The lowest BCUT2D eigenvalue weighted by Gasteiger charge is -2.28. The van der Waals surface area contributed by atoms with Crippen molar-refractivity contribution in [2.75, 3.05) is 0 Å². The summed E-state index contributed by atoms with van der Waals surface area (Å²) in [4.78, 5) is 16.8. The monoisotopic (exact) mass is 347 g/mol. The highest BCUT2D eigenvalue weighted by atomic mass is 35.5. The van der Waals surface area contributed by atoms with Crippen LogP contribution >= 0.6 is 11.6 Å². The number of amides is 1. The summed E-state index contributed by atoms with van der Waals surface area (Å²) in [5.41, 5.74) is 0.836. The van der Waals surface area contributed by atoms with Crippen LogP contribution in [0, 0.1) is 11.8 Å². The molecule has 0 spiro atoms. The number of hydrogen-bond donors (Lipinski definition) is 1. The van der Waals surface area contributed by atoms with Crippen molar-refractivity contribution in [1.82, 2.24) is 15.5 Å². The van der Waals surface area contributed by atoms with Gasteiger partial charge in [0.2, 0.25) is 17.6 Å². The summed E-state index contributed by atoms with van der Waals surface area (Å²) < 4.78 is 5.46. The van der Waals surface area contributed by atoms with Gasteiger partial charge in [0.15, 0.2) is 0 Å². The van der Waals surface area contributed by atoms with Crippen molar-refractivity contribution in [3.8, 4) is 11.4 Å². The predicted molar refractivity (Wildman–Crippen MR) is 92.4 cm³/mol. The molecule has 1 aromatic heterocycles. The maximum Gasteiger partial charge on any atom is 0.249 e. The van der Waals surface area contributed by atoms with E-state index in [-0.39, 0.29) is 23.8 Å². The number of carbonyl (C=O) groups is 1. The Kier molecular flexibility index (Phi) is 5.19. The van der Waals surface area contributed by atoms with Crippen molar-refractivity contribution in [3.63, 3.8) is 0 Å². The van der Waals surface area contributed by atoms with Crippen molar-refractivity contribution >= 4 is 17.5 Å². The lowest BCUT2D eigenvalue weighted by atomic mass is 9.84. The van der Waals surface area contributed by atoms with E-state index in [0.29, 0.717) is 16.7 Å². The maximum absolute atomic E-state index is 12.3. The van der Waals surface area contributed by atoms with Gasteiger partial charge in [0, 0.05) is 16.5 Å². The highest BCUT2D eigenvalue weighted by molar-refractivity contribution is 6.30. The number of aromatic nitrogens is 2. The van der Waals surface area contributed by atoms with Gasteiger partial charge in [-0.1, -0.05) is 43.4 Å². The summed E-state index contributed by atoms with van der Waals surface area (Å²) in [6, 6.07) is 7.02. The average molecular weight is 348 g/mol. The maximum atomic E-state index is 12.3. The number of nitrogens with zero attached hydrogens (tertiary/aromatic N) is 2. The van der Waals surface area contributed by atoms with Crippen molar-refractivity contribution in [2.24, 2.45) is 11.8 Å². The first-order valence-electron chi connectivity index (χ1n) is 8.48. The third kappa shape index (κ3) is 3.61. The summed E-state index contributed by atoms with van der Waals surface area (Å²) in [5, 5.41) is 7.82. The summed E-state index contributed by atoms with van der Waals surface area (Å²) in [6.07, 6.45) is 3.99. The van der Waals surface area contributed by atoms with Gasteiger partial charge in [0.1, 0.15) is 6.04 Å². The molecule has 2 aromatic rings. The van der Waals surface area contributed by atoms with E-state index in [4.69, 9.17) is 16.1 Å². The molecule has 0 radical (unpaired) electrons. The van der Waals surface area contributed by atoms with Crippen LogP contribution in [0.3, 0.4) is 0 Å². The Morgan fingerprint density at radius 1 is 1.38 bits per heavy atom. The fourth-order valence-corrected chi connectivity index (χ4v) is 2.83.